The Bertz CT molecular complexity index is 6.00. The van der Waals surface area contributed by atoms with E-state index in [1.807, 2.05) is 0 Å². The van der Waals surface area contributed by atoms with Gasteiger partial charge in [-0.3, -0.25) is 0 Å². The molecule has 1 nitrogen and oxygen atoms in total. The third-order valence-corrected chi connectivity index (χ3v) is 0. The molecule has 0 amide bonds. The van der Waals surface area contributed by atoms with Crippen LogP contribution in [-0.4, -0.2) is 0 Å². The molecule has 0 aromatic carbocycles. The summed E-state index contributed by atoms with van der Waals surface area (Å²) in [5.74, 6) is 0. The van der Waals surface area contributed by atoms with Crippen molar-refractivity contribution in [2.75, 3.05) is 0 Å². The van der Waals surface area contributed by atoms with Crippen molar-refractivity contribution < 1.29 is 123 Å². The van der Waals surface area contributed by atoms with Crippen LogP contribution in [0, 0.1) is 122 Å². The van der Waals surface area contributed by atoms with Gasteiger partial charge < -0.3 is 0 Å². The first-order valence-corrected chi connectivity index (χ1v) is 1.49. The second-order valence-electron chi connectivity index (χ2n) is 0. The minimum Gasteiger partial charge on any atom is 0 e. The fraction of sp³-hybridized carbons (Fsp3) is 0. The zero-order valence-corrected chi connectivity index (χ0v) is 12.6. The molecular formula is CeOPr2. The van der Waals surface area contributed by atoms with Crippen molar-refractivity contribution in [3.63, 3.8) is 0 Å². The molecule has 0 saturated carbocycles. The van der Waals surface area contributed by atoms with E-state index in [0.29, 0.717) is 0 Å². The molecule has 0 heterocycles. The van der Waals surface area contributed by atoms with Crippen LogP contribution in [0.1, 0.15) is 0 Å². The molecule has 16 valence electrons. The maximum absolute atomic E-state index is 8.39. The normalized spacial score (nSPS) is 0.750. The van der Waals surface area contributed by atoms with Gasteiger partial charge in [-0.25, -0.2) is 0 Å². The van der Waals surface area contributed by atoms with Gasteiger partial charge >= 0.3 is 40.7 Å². The van der Waals surface area contributed by atoms with E-state index >= 15 is 0 Å². The Morgan fingerprint density at radius 2 is 1.00 bits per heavy atom. The predicted octanol–water partition coefficient (Wildman–Crippen LogP) is -0.119. The standard InChI is InChI=1S/Ce.O.2Pr. The largest absolute Gasteiger partial charge is 0 e. The van der Waals surface area contributed by atoms with Gasteiger partial charge in [0, 0.05) is 82.6 Å². The molecule has 0 spiro atoms. The van der Waals surface area contributed by atoms with Gasteiger partial charge in [0.1, 0.15) is 0 Å². The van der Waals surface area contributed by atoms with Crippen LogP contribution in [0.3, 0.4) is 0 Å². The van der Waals surface area contributed by atoms with E-state index in [2.05, 4.69) is 0 Å². The first-order valence-electron chi connectivity index (χ1n) is 0.204. The van der Waals surface area contributed by atoms with Crippen molar-refractivity contribution in [1.29, 1.82) is 0 Å². The SMILES string of the molecule is [O]=[Ce].[Pr].[Pr]. The Balaban J connectivity index is -0.00000000500. The van der Waals surface area contributed by atoms with Gasteiger partial charge in [-0.1, -0.05) is 0 Å². The van der Waals surface area contributed by atoms with Crippen LogP contribution in [-0.2, 0) is 0.938 Å². The van der Waals surface area contributed by atoms with Crippen LogP contribution in [0.15, 0.2) is 0 Å². The first kappa shape index (κ1) is 15.7. The Kier molecular flexibility index (Phi) is 61.8. The van der Waals surface area contributed by atoms with Crippen molar-refractivity contribution in [3.05, 3.63) is 0 Å². The molecule has 0 unspecified atom stereocenters. The molecule has 4 heavy (non-hydrogen) atoms. The quantitative estimate of drug-likeness (QED) is 0.516. The first-order chi connectivity index (χ1) is 1.00. The summed E-state index contributed by atoms with van der Waals surface area (Å²) >= 11 is 0.0556. The Morgan fingerprint density at radius 1 is 1.00 bits per heavy atom. The summed E-state index contributed by atoms with van der Waals surface area (Å²) in [6.45, 7) is 0. The van der Waals surface area contributed by atoms with E-state index in [-0.39, 0.29) is 122 Å². The molecule has 0 N–H and O–H groups in total. The van der Waals surface area contributed by atoms with Gasteiger partial charge in [-0.05, 0) is 0 Å². The number of hydrogen-bond donors (Lipinski definition) is 0. The third-order valence-electron chi connectivity index (χ3n) is 0. The van der Waals surface area contributed by atoms with Crippen LogP contribution in [0.2, 0.25) is 0 Å². The monoisotopic (exact) mass is 438 g/mol. The van der Waals surface area contributed by atoms with Crippen LogP contribution < -0.4 is 0 Å². The predicted molar refractivity (Wildman–Crippen MR) is 0.686 cm³/mol. The Morgan fingerprint density at radius 3 is 1.00 bits per heavy atom. The van der Waals surface area contributed by atoms with Crippen LogP contribution in [0.4, 0.5) is 0 Å². The Hall–Kier alpha value is 3.90. The van der Waals surface area contributed by atoms with Gasteiger partial charge in [-0.15, -0.1) is 0 Å². The molecule has 0 rings (SSSR count). The molecule has 0 aromatic heterocycles. The molecule has 4 heteroatoms. The molecule has 0 fully saturated rings. The second-order valence-corrected chi connectivity index (χ2v) is 0. The summed E-state index contributed by atoms with van der Waals surface area (Å²) < 4.78 is 8.39. The molecule has 0 aromatic rings. The molecule has 0 aliphatic heterocycles. The molecule has 0 bridgehead atoms. The van der Waals surface area contributed by atoms with Crippen molar-refractivity contribution in [2.45, 2.75) is 0 Å². The van der Waals surface area contributed by atoms with Crippen molar-refractivity contribution >= 4 is 0 Å². The fourth-order valence-corrected chi connectivity index (χ4v) is 0. The van der Waals surface area contributed by atoms with E-state index in [1.54, 1.807) is 0 Å². The van der Waals surface area contributed by atoms with E-state index in [4.69, 9.17) is 0.938 Å². The third kappa shape index (κ3) is 9.32. The van der Waals surface area contributed by atoms with E-state index in [1.165, 1.54) is 0 Å². The zero-order valence-electron chi connectivity index (χ0n) is 2.06. The summed E-state index contributed by atoms with van der Waals surface area (Å²) in [5, 5.41) is 0. The van der Waals surface area contributed by atoms with Crippen molar-refractivity contribution in [3.8, 4) is 0 Å². The van der Waals surface area contributed by atoms with Crippen LogP contribution >= 0.6 is 0 Å². The van der Waals surface area contributed by atoms with E-state index < -0.39 is 0 Å². The van der Waals surface area contributed by atoms with Crippen molar-refractivity contribution in [1.82, 2.24) is 0 Å². The van der Waals surface area contributed by atoms with Gasteiger partial charge in [0.05, 0.1) is 0 Å². The molecular weight excluding hydrogens is 438 g/mol. The topological polar surface area (TPSA) is 17.1 Å². The summed E-state index contributed by atoms with van der Waals surface area (Å²) in [6, 6.07) is 0. The van der Waals surface area contributed by atoms with E-state index in [9.17, 15) is 0 Å². The van der Waals surface area contributed by atoms with Gasteiger partial charge in [0.15, 0.2) is 0 Å². The van der Waals surface area contributed by atoms with Gasteiger partial charge in [0.25, 0.3) is 0 Å². The van der Waals surface area contributed by atoms with Crippen LogP contribution in [0.25, 0.3) is 0 Å². The summed E-state index contributed by atoms with van der Waals surface area (Å²) in [7, 11) is 0. The average Bonchev–Trinajstić information content (AvgIpc) is 1.00. The van der Waals surface area contributed by atoms with Crippen LogP contribution in [0.5, 0.6) is 0 Å². The minimum absolute atomic E-state index is 0. The minimum atomic E-state index is 0. The second kappa shape index (κ2) is 15.8. The molecule has 2 radical (unpaired) electrons. The number of rotatable bonds is 0. The molecule has 0 atom stereocenters. The maximum atomic E-state index is 8.39. The average molecular weight is 438 g/mol. The smallest absolute Gasteiger partial charge is 0 e. The summed E-state index contributed by atoms with van der Waals surface area (Å²) in [4.78, 5) is 0. The van der Waals surface area contributed by atoms with E-state index in [0.717, 1.165) is 0 Å². The summed E-state index contributed by atoms with van der Waals surface area (Å²) in [6.07, 6.45) is 0. The molecule has 0 aliphatic rings. The van der Waals surface area contributed by atoms with Gasteiger partial charge in [-0.2, -0.15) is 0 Å². The molecule has 0 saturated heterocycles. The van der Waals surface area contributed by atoms with Gasteiger partial charge in [0.2, 0.25) is 0 Å². The van der Waals surface area contributed by atoms with Crippen molar-refractivity contribution in [2.24, 2.45) is 0 Å². The fourth-order valence-electron chi connectivity index (χ4n) is 0. The maximum Gasteiger partial charge on any atom is 0 e. The zero-order chi connectivity index (χ0) is 2.00. The number of hydrogen-bond acceptors (Lipinski definition) is 1. The molecule has 0 aliphatic carbocycles. The Labute approximate surface area is 119 Å². The summed E-state index contributed by atoms with van der Waals surface area (Å²) in [5.41, 5.74) is 0.